The monoisotopic (exact) mass is 341 g/mol. The second-order valence-electron chi connectivity index (χ2n) is 5.11. The molecule has 1 unspecified atom stereocenters. The summed E-state index contributed by atoms with van der Waals surface area (Å²) in [6, 6.07) is 5.48. The second kappa shape index (κ2) is 8.42. The number of hydrogen-bond donors (Lipinski definition) is 0. The molecule has 0 heterocycles. The van der Waals surface area contributed by atoms with Crippen LogP contribution in [0, 0.1) is 5.92 Å². The molecule has 1 aromatic carbocycles. The molecule has 1 atom stereocenters. The fourth-order valence-electron chi connectivity index (χ4n) is 2.01. The van der Waals surface area contributed by atoms with E-state index in [1.807, 2.05) is 18.2 Å². The van der Waals surface area contributed by atoms with Gasteiger partial charge in [-0.05, 0) is 46.6 Å². The minimum atomic E-state index is 0.151. The number of Topliss-reactive ketones (excluding diaryl/α,β-unsaturated/α-hetero) is 1. The summed E-state index contributed by atoms with van der Waals surface area (Å²) in [5.41, 5.74) is 0.722. The van der Waals surface area contributed by atoms with Crippen LogP contribution in [0.2, 0.25) is 0 Å². The largest absolute Gasteiger partial charge is 0.496 e. The molecule has 20 heavy (non-hydrogen) atoms. The van der Waals surface area contributed by atoms with E-state index < -0.39 is 0 Å². The zero-order valence-electron chi connectivity index (χ0n) is 12.8. The number of benzene rings is 1. The lowest BCUT2D eigenvalue weighted by atomic mass is 10.1. The molecule has 0 spiro atoms. The SMILES string of the molecule is CCC(C)CN(CC)CC(=O)c1ccc(OC)c(Br)c1. The predicted octanol–water partition coefficient (Wildman–Crippen LogP) is 4.01. The fourth-order valence-corrected chi connectivity index (χ4v) is 2.55. The fraction of sp³-hybridized carbons (Fsp3) is 0.562. The number of nitrogens with zero attached hydrogens (tertiary/aromatic N) is 1. The maximum atomic E-state index is 12.3. The van der Waals surface area contributed by atoms with Gasteiger partial charge in [0.1, 0.15) is 5.75 Å². The van der Waals surface area contributed by atoms with Crippen LogP contribution in [-0.2, 0) is 0 Å². The molecule has 3 nitrogen and oxygen atoms in total. The third-order valence-corrected chi connectivity index (χ3v) is 4.17. The molecule has 0 aromatic heterocycles. The van der Waals surface area contributed by atoms with Crippen molar-refractivity contribution >= 4 is 21.7 Å². The van der Waals surface area contributed by atoms with Crippen molar-refractivity contribution in [1.82, 2.24) is 4.90 Å². The predicted molar refractivity (Wildman–Crippen MR) is 86.6 cm³/mol. The minimum Gasteiger partial charge on any atom is -0.496 e. The Morgan fingerprint density at radius 1 is 1.40 bits per heavy atom. The molecule has 1 aromatic rings. The molecule has 4 heteroatoms. The Morgan fingerprint density at radius 2 is 2.10 bits per heavy atom. The van der Waals surface area contributed by atoms with E-state index in [0.717, 1.165) is 35.3 Å². The first-order valence-electron chi connectivity index (χ1n) is 7.10. The van der Waals surface area contributed by atoms with Gasteiger partial charge in [0.25, 0.3) is 0 Å². The lowest BCUT2D eigenvalue weighted by Gasteiger charge is -2.23. The summed E-state index contributed by atoms with van der Waals surface area (Å²) in [5, 5.41) is 0. The standard InChI is InChI=1S/C16H24BrNO2/c1-5-12(3)10-18(6-2)11-15(19)13-7-8-16(20-4)14(17)9-13/h7-9,12H,5-6,10-11H2,1-4H3. The third kappa shape index (κ3) is 4.91. The Balaban J connectivity index is 2.71. The van der Waals surface area contributed by atoms with Crippen LogP contribution in [-0.4, -0.2) is 37.4 Å². The van der Waals surface area contributed by atoms with Gasteiger partial charge in [0, 0.05) is 12.1 Å². The van der Waals surface area contributed by atoms with Crippen molar-refractivity contribution in [2.75, 3.05) is 26.7 Å². The highest BCUT2D eigenvalue weighted by molar-refractivity contribution is 9.10. The van der Waals surface area contributed by atoms with Gasteiger partial charge in [0.05, 0.1) is 18.1 Å². The van der Waals surface area contributed by atoms with E-state index >= 15 is 0 Å². The van der Waals surface area contributed by atoms with E-state index in [-0.39, 0.29) is 5.78 Å². The van der Waals surface area contributed by atoms with Gasteiger partial charge in [0.15, 0.2) is 5.78 Å². The van der Waals surface area contributed by atoms with Crippen LogP contribution >= 0.6 is 15.9 Å². The molecular formula is C16H24BrNO2. The van der Waals surface area contributed by atoms with Crippen LogP contribution in [0.1, 0.15) is 37.6 Å². The second-order valence-corrected chi connectivity index (χ2v) is 5.97. The number of carbonyl (C=O) groups excluding carboxylic acids is 1. The Kier molecular flexibility index (Phi) is 7.24. The van der Waals surface area contributed by atoms with Crippen molar-refractivity contribution in [2.24, 2.45) is 5.92 Å². The van der Waals surface area contributed by atoms with Gasteiger partial charge in [-0.1, -0.05) is 27.2 Å². The molecule has 0 bridgehead atoms. The Bertz CT molecular complexity index is 448. The van der Waals surface area contributed by atoms with Crippen LogP contribution in [0.25, 0.3) is 0 Å². The summed E-state index contributed by atoms with van der Waals surface area (Å²) >= 11 is 3.42. The van der Waals surface area contributed by atoms with Crippen LogP contribution in [0.4, 0.5) is 0 Å². The molecule has 0 fully saturated rings. The quantitative estimate of drug-likeness (QED) is 0.669. The molecule has 0 aliphatic heterocycles. The first-order valence-corrected chi connectivity index (χ1v) is 7.90. The van der Waals surface area contributed by atoms with Crippen molar-refractivity contribution in [1.29, 1.82) is 0 Å². The number of ketones is 1. The molecule has 0 saturated heterocycles. The number of halogens is 1. The zero-order chi connectivity index (χ0) is 15.1. The van der Waals surface area contributed by atoms with E-state index in [1.54, 1.807) is 7.11 Å². The van der Waals surface area contributed by atoms with Crippen molar-refractivity contribution < 1.29 is 9.53 Å². The molecule has 0 N–H and O–H groups in total. The first kappa shape index (κ1) is 17.2. The number of rotatable bonds is 8. The van der Waals surface area contributed by atoms with E-state index in [9.17, 15) is 4.79 Å². The molecule has 1 rings (SSSR count). The molecule has 0 aliphatic rings. The van der Waals surface area contributed by atoms with Gasteiger partial charge in [-0.25, -0.2) is 0 Å². The number of methoxy groups -OCH3 is 1. The molecule has 0 amide bonds. The normalized spacial score (nSPS) is 12.5. The number of likely N-dealkylation sites (N-methyl/N-ethyl adjacent to an activating group) is 1. The van der Waals surface area contributed by atoms with Gasteiger partial charge in [-0.15, -0.1) is 0 Å². The highest BCUT2D eigenvalue weighted by Gasteiger charge is 2.14. The number of hydrogen-bond acceptors (Lipinski definition) is 3. The summed E-state index contributed by atoms with van der Waals surface area (Å²) < 4.78 is 6.00. The Labute approximate surface area is 130 Å². The molecule has 0 saturated carbocycles. The summed E-state index contributed by atoms with van der Waals surface area (Å²) in [4.78, 5) is 14.5. The topological polar surface area (TPSA) is 29.5 Å². The smallest absolute Gasteiger partial charge is 0.176 e. The Hall–Kier alpha value is -0.870. The summed E-state index contributed by atoms with van der Waals surface area (Å²) in [7, 11) is 1.62. The van der Waals surface area contributed by atoms with E-state index in [4.69, 9.17) is 4.74 Å². The average molecular weight is 342 g/mol. The average Bonchev–Trinajstić information content (AvgIpc) is 2.45. The number of carbonyl (C=O) groups is 1. The van der Waals surface area contributed by atoms with Crippen molar-refractivity contribution in [3.05, 3.63) is 28.2 Å². The van der Waals surface area contributed by atoms with Gasteiger partial charge in [0.2, 0.25) is 0 Å². The highest BCUT2D eigenvalue weighted by atomic mass is 79.9. The van der Waals surface area contributed by atoms with Gasteiger partial charge in [-0.2, -0.15) is 0 Å². The van der Waals surface area contributed by atoms with Crippen LogP contribution in [0.15, 0.2) is 22.7 Å². The molecule has 112 valence electrons. The first-order chi connectivity index (χ1) is 9.51. The van der Waals surface area contributed by atoms with Gasteiger partial charge in [-0.3, -0.25) is 9.69 Å². The molecule has 0 aliphatic carbocycles. The zero-order valence-corrected chi connectivity index (χ0v) is 14.4. The van der Waals surface area contributed by atoms with Crippen molar-refractivity contribution in [2.45, 2.75) is 27.2 Å². The highest BCUT2D eigenvalue weighted by Crippen LogP contribution is 2.25. The van der Waals surface area contributed by atoms with Crippen LogP contribution in [0.3, 0.4) is 0 Å². The van der Waals surface area contributed by atoms with E-state index in [1.165, 1.54) is 0 Å². The van der Waals surface area contributed by atoms with E-state index in [0.29, 0.717) is 12.5 Å². The summed E-state index contributed by atoms with van der Waals surface area (Å²) in [6.45, 7) is 8.83. The van der Waals surface area contributed by atoms with Crippen LogP contribution in [0.5, 0.6) is 5.75 Å². The minimum absolute atomic E-state index is 0.151. The summed E-state index contributed by atoms with van der Waals surface area (Å²) in [5.74, 6) is 1.51. The Morgan fingerprint density at radius 3 is 2.60 bits per heavy atom. The van der Waals surface area contributed by atoms with E-state index in [2.05, 4.69) is 41.6 Å². The molecule has 0 radical (unpaired) electrons. The number of ether oxygens (including phenoxy) is 1. The maximum Gasteiger partial charge on any atom is 0.176 e. The maximum absolute atomic E-state index is 12.3. The van der Waals surface area contributed by atoms with Gasteiger partial charge >= 0.3 is 0 Å². The molecular weight excluding hydrogens is 318 g/mol. The third-order valence-electron chi connectivity index (χ3n) is 3.55. The lowest BCUT2D eigenvalue weighted by Crippen LogP contribution is -2.33. The van der Waals surface area contributed by atoms with Crippen molar-refractivity contribution in [3.8, 4) is 5.75 Å². The summed E-state index contributed by atoms with van der Waals surface area (Å²) in [6.07, 6.45) is 1.14. The van der Waals surface area contributed by atoms with Gasteiger partial charge < -0.3 is 4.74 Å². The van der Waals surface area contributed by atoms with Crippen LogP contribution < -0.4 is 4.74 Å². The lowest BCUT2D eigenvalue weighted by molar-refractivity contribution is 0.0923. The van der Waals surface area contributed by atoms with Crippen molar-refractivity contribution in [3.63, 3.8) is 0 Å².